The van der Waals surface area contributed by atoms with E-state index in [2.05, 4.69) is 10.4 Å². The van der Waals surface area contributed by atoms with Gasteiger partial charge in [0.25, 0.3) is 5.91 Å². The lowest BCUT2D eigenvalue weighted by molar-refractivity contribution is 0.0614. The zero-order valence-corrected chi connectivity index (χ0v) is 13.1. The van der Waals surface area contributed by atoms with Gasteiger partial charge in [0.15, 0.2) is 0 Å². The van der Waals surface area contributed by atoms with Crippen LogP contribution in [-0.4, -0.2) is 44.4 Å². The van der Waals surface area contributed by atoms with E-state index in [-0.39, 0.29) is 5.91 Å². The van der Waals surface area contributed by atoms with E-state index in [9.17, 15) is 9.90 Å². The lowest BCUT2D eigenvalue weighted by Crippen LogP contribution is -2.42. The Morgan fingerprint density at radius 1 is 1.65 bits per heavy atom. The number of aryl methyl sites for hydroxylation is 2. The maximum atomic E-state index is 12.2. The summed E-state index contributed by atoms with van der Waals surface area (Å²) in [6.45, 7) is 2.26. The van der Waals surface area contributed by atoms with Crippen LogP contribution in [0.5, 0.6) is 0 Å². The van der Waals surface area contributed by atoms with Gasteiger partial charge in [-0.05, 0) is 25.2 Å². The number of nitrogens with one attached hydrogen (secondary N) is 1. The van der Waals surface area contributed by atoms with Crippen molar-refractivity contribution in [1.82, 2.24) is 15.1 Å². The first-order valence-corrected chi connectivity index (χ1v) is 8.47. The van der Waals surface area contributed by atoms with Crippen LogP contribution in [0.4, 0.5) is 0 Å². The molecule has 3 rings (SSSR count). The Hall–Kier alpha value is -1.05. The molecule has 0 bridgehead atoms. The second-order valence-electron chi connectivity index (χ2n) is 5.25. The van der Waals surface area contributed by atoms with Crippen LogP contribution < -0.4 is 5.32 Å². The molecule has 7 heteroatoms. The summed E-state index contributed by atoms with van der Waals surface area (Å²) in [6.07, 6.45) is 0.743. The summed E-state index contributed by atoms with van der Waals surface area (Å²) in [5.74, 6) is 1.54. The standard InChI is InChI=1S/C13H17N3O2S2/c1-8-9-5-10(20-12(9)16(2)15-8)11(17)14-6-13(18)3-4-19-7-13/h5,18H,3-4,6-7H2,1-2H3,(H,14,17). The van der Waals surface area contributed by atoms with Crippen molar-refractivity contribution in [3.8, 4) is 0 Å². The van der Waals surface area contributed by atoms with Gasteiger partial charge in [-0.2, -0.15) is 16.9 Å². The highest BCUT2D eigenvalue weighted by molar-refractivity contribution is 7.99. The number of aromatic nitrogens is 2. The van der Waals surface area contributed by atoms with Crippen LogP contribution in [0, 0.1) is 6.92 Å². The Morgan fingerprint density at radius 2 is 2.45 bits per heavy atom. The van der Waals surface area contributed by atoms with Gasteiger partial charge in [0.05, 0.1) is 16.2 Å². The topological polar surface area (TPSA) is 67.2 Å². The number of carbonyl (C=O) groups excluding carboxylic acids is 1. The third-order valence-corrected chi connectivity index (χ3v) is 6.02. The van der Waals surface area contributed by atoms with Crippen LogP contribution in [0.3, 0.4) is 0 Å². The molecule has 2 N–H and O–H groups in total. The van der Waals surface area contributed by atoms with E-state index in [4.69, 9.17) is 0 Å². The molecule has 0 aliphatic carbocycles. The minimum Gasteiger partial charge on any atom is -0.387 e. The molecule has 0 spiro atoms. The lowest BCUT2D eigenvalue weighted by atomic mass is 10.0. The molecule has 108 valence electrons. The summed E-state index contributed by atoms with van der Waals surface area (Å²) in [7, 11) is 1.88. The van der Waals surface area contributed by atoms with Crippen LogP contribution in [0.25, 0.3) is 10.2 Å². The molecule has 2 aromatic rings. The molecule has 3 heterocycles. The molecule has 1 amide bonds. The number of carbonyl (C=O) groups is 1. The van der Waals surface area contributed by atoms with Gasteiger partial charge in [-0.25, -0.2) is 0 Å². The van der Waals surface area contributed by atoms with Gasteiger partial charge in [-0.1, -0.05) is 0 Å². The van der Waals surface area contributed by atoms with Crippen molar-refractivity contribution in [2.45, 2.75) is 18.9 Å². The van der Waals surface area contributed by atoms with Crippen LogP contribution in [-0.2, 0) is 7.05 Å². The average molecular weight is 311 g/mol. The van der Waals surface area contributed by atoms with Crippen molar-refractivity contribution in [2.24, 2.45) is 7.05 Å². The monoisotopic (exact) mass is 311 g/mol. The number of amides is 1. The Balaban J connectivity index is 1.74. The highest BCUT2D eigenvalue weighted by atomic mass is 32.2. The molecule has 1 aliphatic rings. The number of fused-ring (bicyclic) bond motifs is 1. The van der Waals surface area contributed by atoms with Gasteiger partial charge < -0.3 is 10.4 Å². The zero-order valence-electron chi connectivity index (χ0n) is 11.5. The molecule has 1 atom stereocenters. The van der Waals surface area contributed by atoms with Gasteiger partial charge in [-0.15, -0.1) is 11.3 Å². The summed E-state index contributed by atoms with van der Waals surface area (Å²) in [5, 5.41) is 18.4. The van der Waals surface area contributed by atoms with Crippen molar-refractivity contribution in [2.75, 3.05) is 18.1 Å². The molecule has 1 aliphatic heterocycles. The van der Waals surface area contributed by atoms with Gasteiger partial charge in [0.1, 0.15) is 4.83 Å². The Labute approximate surface area is 125 Å². The first kappa shape index (κ1) is 13.9. The highest BCUT2D eigenvalue weighted by Crippen LogP contribution is 2.29. The molecule has 2 aromatic heterocycles. The van der Waals surface area contributed by atoms with E-state index in [1.165, 1.54) is 11.3 Å². The van der Waals surface area contributed by atoms with Crippen LogP contribution in [0.2, 0.25) is 0 Å². The lowest BCUT2D eigenvalue weighted by Gasteiger charge is -2.21. The number of hydrogen-bond acceptors (Lipinski definition) is 5. The maximum Gasteiger partial charge on any atom is 0.261 e. The van der Waals surface area contributed by atoms with Crippen molar-refractivity contribution in [3.63, 3.8) is 0 Å². The van der Waals surface area contributed by atoms with Gasteiger partial charge in [0, 0.05) is 24.7 Å². The molecular weight excluding hydrogens is 294 g/mol. The van der Waals surface area contributed by atoms with Crippen LogP contribution in [0.1, 0.15) is 21.8 Å². The minimum atomic E-state index is -0.742. The summed E-state index contributed by atoms with van der Waals surface area (Å²) in [4.78, 5) is 13.9. The SMILES string of the molecule is Cc1nn(C)c2sc(C(=O)NCC3(O)CCSC3)cc12. The normalized spacial score (nSPS) is 22.6. The smallest absolute Gasteiger partial charge is 0.261 e. The average Bonchev–Trinajstić information content (AvgIpc) is 3.07. The summed E-state index contributed by atoms with van der Waals surface area (Å²) >= 11 is 3.16. The van der Waals surface area contributed by atoms with E-state index >= 15 is 0 Å². The third kappa shape index (κ3) is 2.45. The third-order valence-electron chi connectivity index (χ3n) is 3.58. The van der Waals surface area contributed by atoms with Crippen molar-refractivity contribution in [1.29, 1.82) is 0 Å². The molecule has 0 radical (unpaired) electrons. The van der Waals surface area contributed by atoms with E-state index < -0.39 is 5.60 Å². The Kier molecular flexibility index (Phi) is 3.51. The van der Waals surface area contributed by atoms with Crippen molar-refractivity contribution < 1.29 is 9.90 Å². The summed E-state index contributed by atoms with van der Waals surface area (Å²) in [5.41, 5.74) is 0.192. The number of aliphatic hydroxyl groups is 1. The number of rotatable bonds is 3. The molecule has 0 aromatic carbocycles. The molecule has 20 heavy (non-hydrogen) atoms. The Bertz CT molecular complexity index is 621. The number of thioether (sulfide) groups is 1. The fourth-order valence-corrected chi connectivity index (χ4v) is 4.72. The molecule has 1 fully saturated rings. The maximum absolute atomic E-state index is 12.2. The first-order valence-electron chi connectivity index (χ1n) is 6.50. The van der Waals surface area contributed by atoms with Crippen LogP contribution in [0.15, 0.2) is 6.07 Å². The minimum absolute atomic E-state index is 0.115. The Morgan fingerprint density at radius 3 is 3.10 bits per heavy atom. The van der Waals surface area contributed by atoms with Crippen molar-refractivity contribution >= 4 is 39.2 Å². The zero-order chi connectivity index (χ0) is 14.3. The summed E-state index contributed by atoms with van der Waals surface area (Å²) in [6, 6.07) is 1.88. The van der Waals surface area contributed by atoms with Gasteiger partial charge in [0.2, 0.25) is 0 Å². The summed E-state index contributed by atoms with van der Waals surface area (Å²) < 4.78 is 1.80. The highest BCUT2D eigenvalue weighted by Gasteiger charge is 2.32. The second-order valence-corrected chi connectivity index (χ2v) is 7.38. The van der Waals surface area contributed by atoms with E-state index in [1.807, 2.05) is 20.0 Å². The number of hydrogen-bond donors (Lipinski definition) is 2. The molecule has 0 saturated carbocycles. The molecule has 1 saturated heterocycles. The van der Waals surface area contributed by atoms with E-state index in [0.717, 1.165) is 28.1 Å². The molecule has 1 unspecified atom stereocenters. The molecule has 5 nitrogen and oxygen atoms in total. The number of nitrogens with zero attached hydrogens (tertiary/aromatic N) is 2. The van der Waals surface area contributed by atoms with Crippen molar-refractivity contribution in [3.05, 3.63) is 16.6 Å². The predicted octanol–water partition coefficient (Wildman–Crippen LogP) is 1.54. The predicted molar refractivity (Wildman–Crippen MR) is 82.6 cm³/mol. The fraction of sp³-hybridized carbons (Fsp3) is 0.538. The van der Waals surface area contributed by atoms with Gasteiger partial charge >= 0.3 is 0 Å². The quantitative estimate of drug-likeness (QED) is 0.902. The largest absolute Gasteiger partial charge is 0.387 e. The number of thiophene rings is 1. The van der Waals surface area contributed by atoms with E-state index in [0.29, 0.717) is 17.2 Å². The molecular formula is C13H17N3O2S2. The van der Waals surface area contributed by atoms with E-state index in [1.54, 1.807) is 16.4 Å². The first-order chi connectivity index (χ1) is 9.48. The van der Waals surface area contributed by atoms with Crippen LogP contribution >= 0.6 is 23.1 Å². The fourth-order valence-electron chi connectivity index (χ4n) is 2.38. The second kappa shape index (κ2) is 5.05. The van der Waals surface area contributed by atoms with Gasteiger partial charge in [-0.3, -0.25) is 9.48 Å².